The van der Waals surface area contributed by atoms with Crippen molar-refractivity contribution in [3.8, 4) is 5.75 Å². The van der Waals surface area contributed by atoms with Crippen LogP contribution in [-0.4, -0.2) is 19.6 Å². The average molecular weight is 264 g/mol. The first kappa shape index (κ1) is 15.5. The van der Waals surface area contributed by atoms with Gasteiger partial charge < -0.3 is 15.8 Å². The first-order valence-electron chi connectivity index (χ1n) is 6.53. The third kappa shape index (κ3) is 3.47. The number of hydrogen-bond acceptors (Lipinski definition) is 3. The number of nitrogens with two attached hydrogens (primary N) is 1. The molecule has 0 saturated heterocycles. The predicted molar refractivity (Wildman–Crippen MR) is 77.3 cm³/mol. The van der Waals surface area contributed by atoms with E-state index in [1.807, 2.05) is 27.7 Å². The minimum atomic E-state index is -0.152. The topological polar surface area (TPSA) is 64.3 Å². The summed E-state index contributed by atoms with van der Waals surface area (Å²) >= 11 is 0. The molecule has 0 heterocycles. The maximum Gasteiger partial charge on any atom is 0.224 e. The molecular weight excluding hydrogens is 240 g/mol. The fraction of sp³-hybridized carbons (Fsp3) is 0.533. The summed E-state index contributed by atoms with van der Waals surface area (Å²) in [7, 11) is 1.68. The first-order valence-corrected chi connectivity index (χ1v) is 6.53. The zero-order valence-corrected chi connectivity index (χ0v) is 12.5. The highest BCUT2D eigenvalue weighted by molar-refractivity contribution is 5.78. The number of carbonyl (C=O) groups is 1. The van der Waals surface area contributed by atoms with E-state index in [0.717, 1.165) is 28.0 Å². The third-order valence-electron chi connectivity index (χ3n) is 3.59. The monoisotopic (exact) mass is 264 g/mol. The van der Waals surface area contributed by atoms with Crippen molar-refractivity contribution >= 4 is 5.91 Å². The van der Waals surface area contributed by atoms with E-state index in [4.69, 9.17) is 10.5 Å². The fourth-order valence-corrected chi connectivity index (χ4v) is 2.10. The molecule has 1 atom stereocenters. The molecule has 0 spiro atoms. The molecule has 1 unspecified atom stereocenters. The Balaban J connectivity index is 2.89. The van der Waals surface area contributed by atoms with Crippen molar-refractivity contribution in [3.05, 3.63) is 28.3 Å². The van der Waals surface area contributed by atoms with E-state index in [9.17, 15) is 4.79 Å². The van der Waals surface area contributed by atoms with Gasteiger partial charge in [0, 0.05) is 19.0 Å². The molecule has 0 fully saturated rings. The third-order valence-corrected chi connectivity index (χ3v) is 3.59. The zero-order valence-electron chi connectivity index (χ0n) is 12.5. The summed E-state index contributed by atoms with van der Waals surface area (Å²) in [6, 6.07) is 2.06. The number of benzene rings is 1. The molecule has 0 bridgehead atoms. The van der Waals surface area contributed by atoms with Crippen molar-refractivity contribution in [2.45, 2.75) is 34.2 Å². The number of aryl methyl sites for hydroxylation is 1. The normalized spacial score (nSPS) is 12.1. The molecule has 0 aliphatic carbocycles. The quantitative estimate of drug-likeness (QED) is 0.852. The minimum Gasteiger partial charge on any atom is -0.496 e. The number of hydrogen-bond donors (Lipinski definition) is 2. The van der Waals surface area contributed by atoms with E-state index >= 15 is 0 Å². The number of nitrogens with one attached hydrogen (secondary N) is 1. The van der Waals surface area contributed by atoms with Crippen LogP contribution in [0.4, 0.5) is 0 Å². The van der Waals surface area contributed by atoms with E-state index in [1.165, 1.54) is 0 Å². The second-order valence-corrected chi connectivity index (χ2v) is 4.99. The van der Waals surface area contributed by atoms with E-state index in [-0.39, 0.29) is 11.8 Å². The Kier molecular flexibility index (Phi) is 5.36. The maximum atomic E-state index is 11.7. The maximum absolute atomic E-state index is 11.7. The van der Waals surface area contributed by atoms with Crippen LogP contribution in [0.25, 0.3) is 0 Å². The van der Waals surface area contributed by atoms with E-state index < -0.39 is 0 Å². The van der Waals surface area contributed by atoms with Gasteiger partial charge in [-0.15, -0.1) is 0 Å². The molecule has 0 radical (unpaired) electrons. The number of methoxy groups -OCH3 is 1. The number of ether oxygens (including phenoxy) is 1. The molecule has 3 N–H and O–H groups in total. The Morgan fingerprint density at radius 2 is 2.00 bits per heavy atom. The van der Waals surface area contributed by atoms with E-state index in [1.54, 1.807) is 7.11 Å². The Bertz CT molecular complexity index is 470. The van der Waals surface area contributed by atoms with Gasteiger partial charge in [0.15, 0.2) is 0 Å². The molecule has 19 heavy (non-hydrogen) atoms. The van der Waals surface area contributed by atoms with Gasteiger partial charge in [0.25, 0.3) is 0 Å². The second-order valence-electron chi connectivity index (χ2n) is 4.99. The van der Waals surface area contributed by atoms with Gasteiger partial charge in [0.1, 0.15) is 5.75 Å². The lowest BCUT2D eigenvalue weighted by atomic mass is 9.98. The molecule has 1 aromatic carbocycles. The van der Waals surface area contributed by atoms with E-state index in [2.05, 4.69) is 11.4 Å². The molecule has 0 aliphatic heterocycles. The lowest BCUT2D eigenvalue weighted by Crippen LogP contribution is -2.33. The van der Waals surface area contributed by atoms with Gasteiger partial charge in [0.2, 0.25) is 5.91 Å². The number of carbonyl (C=O) groups excluding carboxylic acids is 1. The van der Waals surface area contributed by atoms with Crippen LogP contribution in [0.2, 0.25) is 0 Å². The summed E-state index contributed by atoms with van der Waals surface area (Å²) in [6.07, 6.45) is 0. The standard InChI is InChI=1S/C15H24N2O2/c1-9-6-13(8-17-15(18)10(2)7-16)11(3)12(4)14(9)19-5/h6,10H,7-8,16H2,1-5H3,(H,17,18). The van der Waals surface area contributed by atoms with Crippen molar-refractivity contribution in [2.75, 3.05) is 13.7 Å². The molecule has 4 heteroatoms. The lowest BCUT2D eigenvalue weighted by Gasteiger charge is -2.17. The van der Waals surface area contributed by atoms with Crippen molar-refractivity contribution in [1.29, 1.82) is 0 Å². The second kappa shape index (κ2) is 6.57. The van der Waals surface area contributed by atoms with Gasteiger partial charge in [-0.1, -0.05) is 13.0 Å². The van der Waals surface area contributed by atoms with Gasteiger partial charge >= 0.3 is 0 Å². The van der Waals surface area contributed by atoms with Gasteiger partial charge in [-0.25, -0.2) is 0 Å². The van der Waals surface area contributed by atoms with Crippen LogP contribution < -0.4 is 15.8 Å². The molecule has 1 amide bonds. The fourth-order valence-electron chi connectivity index (χ4n) is 2.10. The van der Waals surface area contributed by atoms with Crippen LogP contribution in [-0.2, 0) is 11.3 Å². The first-order chi connectivity index (χ1) is 8.92. The van der Waals surface area contributed by atoms with Crippen molar-refractivity contribution in [1.82, 2.24) is 5.32 Å². The highest BCUT2D eigenvalue weighted by Gasteiger charge is 2.13. The molecule has 0 aliphatic rings. The molecule has 0 saturated carbocycles. The Labute approximate surface area is 115 Å². The van der Waals surface area contributed by atoms with Gasteiger partial charge in [-0.3, -0.25) is 4.79 Å². The van der Waals surface area contributed by atoms with Crippen LogP contribution in [0.5, 0.6) is 5.75 Å². The SMILES string of the molecule is COc1c(C)cc(CNC(=O)C(C)CN)c(C)c1C. The average Bonchev–Trinajstić information content (AvgIpc) is 2.40. The van der Waals surface area contributed by atoms with Crippen LogP contribution in [0, 0.1) is 26.7 Å². The molecule has 0 aromatic heterocycles. The lowest BCUT2D eigenvalue weighted by molar-refractivity contribution is -0.124. The number of amides is 1. The van der Waals surface area contributed by atoms with Crippen LogP contribution >= 0.6 is 0 Å². The summed E-state index contributed by atoms with van der Waals surface area (Å²) in [4.78, 5) is 11.7. The van der Waals surface area contributed by atoms with Gasteiger partial charge in [0.05, 0.1) is 7.11 Å². The summed E-state index contributed by atoms with van der Waals surface area (Å²) in [5, 5.41) is 2.92. The molecular formula is C15H24N2O2. The van der Waals surface area contributed by atoms with Crippen LogP contribution in [0.3, 0.4) is 0 Å². The van der Waals surface area contributed by atoms with E-state index in [0.29, 0.717) is 13.1 Å². The summed E-state index contributed by atoms with van der Waals surface area (Å²) in [6.45, 7) is 8.82. The largest absolute Gasteiger partial charge is 0.496 e. The Morgan fingerprint density at radius 3 is 2.53 bits per heavy atom. The van der Waals surface area contributed by atoms with Gasteiger partial charge in [-0.05, 0) is 43.0 Å². The highest BCUT2D eigenvalue weighted by Crippen LogP contribution is 2.28. The predicted octanol–water partition coefficient (Wildman–Crippen LogP) is 1.83. The summed E-state index contributed by atoms with van der Waals surface area (Å²) < 4.78 is 5.39. The molecule has 1 aromatic rings. The van der Waals surface area contributed by atoms with Crippen molar-refractivity contribution in [3.63, 3.8) is 0 Å². The smallest absolute Gasteiger partial charge is 0.224 e. The van der Waals surface area contributed by atoms with Gasteiger partial charge in [-0.2, -0.15) is 0 Å². The van der Waals surface area contributed by atoms with Crippen molar-refractivity contribution in [2.24, 2.45) is 11.7 Å². The minimum absolute atomic E-state index is 0.00646. The molecule has 4 nitrogen and oxygen atoms in total. The highest BCUT2D eigenvalue weighted by atomic mass is 16.5. The molecule has 1 rings (SSSR count). The Morgan fingerprint density at radius 1 is 1.37 bits per heavy atom. The van der Waals surface area contributed by atoms with Crippen molar-refractivity contribution < 1.29 is 9.53 Å². The van der Waals surface area contributed by atoms with Crippen LogP contribution in [0.1, 0.15) is 29.2 Å². The zero-order chi connectivity index (χ0) is 14.6. The number of rotatable bonds is 5. The van der Waals surface area contributed by atoms with Crippen LogP contribution in [0.15, 0.2) is 6.07 Å². The summed E-state index contributed by atoms with van der Waals surface area (Å²) in [5.74, 6) is 0.761. The Hall–Kier alpha value is -1.55. The summed E-state index contributed by atoms with van der Waals surface area (Å²) in [5.41, 5.74) is 9.96. The molecule has 106 valence electrons.